The lowest BCUT2D eigenvalue weighted by molar-refractivity contribution is 0.619. The molecule has 0 saturated heterocycles. The van der Waals surface area contributed by atoms with Crippen molar-refractivity contribution in [2.75, 3.05) is 0 Å². The molecule has 0 spiro atoms. The molecule has 2 nitrogen and oxygen atoms in total. The average Bonchev–Trinajstić information content (AvgIpc) is 2.62. The molecular formula is C10H9FN2. The van der Waals surface area contributed by atoms with Gasteiger partial charge in [0.15, 0.2) is 0 Å². The lowest BCUT2D eigenvalue weighted by Gasteiger charge is -1.99. The van der Waals surface area contributed by atoms with E-state index in [0.29, 0.717) is 5.56 Å². The molecule has 0 amide bonds. The van der Waals surface area contributed by atoms with Crippen molar-refractivity contribution in [2.45, 2.75) is 6.92 Å². The molecule has 0 fully saturated rings. The first-order chi connectivity index (χ1) is 6.27. The van der Waals surface area contributed by atoms with Crippen LogP contribution in [0, 0.1) is 12.7 Å². The van der Waals surface area contributed by atoms with Crippen LogP contribution in [0.15, 0.2) is 30.6 Å². The Morgan fingerprint density at radius 1 is 1.31 bits per heavy atom. The maximum atomic E-state index is 12.9. The van der Waals surface area contributed by atoms with E-state index in [1.807, 2.05) is 0 Å². The zero-order valence-electron chi connectivity index (χ0n) is 7.21. The summed E-state index contributed by atoms with van der Waals surface area (Å²) in [5.41, 5.74) is 2.61. The van der Waals surface area contributed by atoms with Gasteiger partial charge in [0, 0.05) is 11.8 Å². The van der Waals surface area contributed by atoms with Crippen LogP contribution >= 0.6 is 0 Å². The van der Waals surface area contributed by atoms with Gasteiger partial charge in [-0.1, -0.05) is 6.07 Å². The van der Waals surface area contributed by atoms with Crippen molar-refractivity contribution in [1.29, 1.82) is 0 Å². The van der Waals surface area contributed by atoms with Crippen molar-refractivity contribution in [1.82, 2.24) is 10.2 Å². The van der Waals surface area contributed by atoms with Gasteiger partial charge in [0.25, 0.3) is 0 Å². The lowest BCUT2D eigenvalue weighted by Crippen LogP contribution is -1.82. The summed E-state index contributed by atoms with van der Waals surface area (Å²) < 4.78 is 12.9. The number of hydrogen-bond donors (Lipinski definition) is 1. The van der Waals surface area contributed by atoms with Gasteiger partial charge in [-0.15, -0.1) is 0 Å². The molecule has 2 aromatic rings. The van der Waals surface area contributed by atoms with Crippen LogP contribution in [0.25, 0.3) is 11.1 Å². The molecule has 2 rings (SSSR count). The summed E-state index contributed by atoms with van der Waals surface area (Å²) in [7, 11) is 0. The van der Waals surface area contributed by atoms with E-state index in [2.05, 4.69) is 10.2 Å². The molecule has 1 heterocycles. The fourth-order valence-corrected chi connectivity index (χ4v) is 1.23. The molecule has 0 radical (unpaired) electrons. The molecule has 0 unspecified atom stereocenters. The maximum Gasteiger partial charge on any atom is 0.126 e. The van der Waals surface area contributed by atoms with Gasteiger partial charge in [-0.3, -0.25) is 5.10 Å². The van der Waals surface area contributed by atoms with E-state index >= 15 is 0 Å². The smallest absolute Gasteiger partial charge is 0.126 e. The van der Waals surface area contributed by atoms with Crippen molar-refractivity contribution >= 4 is 0 Å². The van der Waals surface area contributed by atoms with E-state index in [9.17, 15) is 4.39 Å². The van der Waals surface area contributed by atoms with Crippen LogP contribution in [0.2, 0.25) is 0 Å². The van der Waals surface area contributed by atoms with Gasteiger partial charge in [0.1, 0.15) is 5.82 Å². The minimum Gasteiger partial charge on any atom is -0.285 e. The molecule has 13 heavy (non-hydrogen) atoms. The number of aryl methyl sites for hydroxylation is 1. The number of benzene rings is 1. The van der Waals surface area contributed by atoms with Gasteiger partial charge in [-0.05, 0) is 30.2 Å². The molecule has 3 heteroatoms. The van der Waals surface area contributed by atoms with Crippen LogP contribution in [0.5, 0.6) is 0 Å². The first kappa shape index (κ1) is 7.98. The standard InChI is InChI=1S/C10H9FN2/c1-7-4-8(2-3-10(7)11)9-5-12-13-6-9/h2-6H,1H3,(H,12,13). The van der Waals surface area contributed by atoms with E-state index in [1.54, 1.807) is 31.5 Å². The van der Waals surface area contributed by atoms with Crippen LogP contribution < -0.4 is 0 Å². The first-order valence-electron chi connectivity index (χ1n) is 4.02. The zero-order valence-corrected chi connectivity index (χ0v) is 7.21. The average molecular weight is 176 g/mol. The predicted octanol–water partition coefficient (Wildman–Crippen LogP) is 2.52. The minimum absolute atomic E-state index is 0.174. The Labute approximate surface area is 75.4 Å². The molecule has 0 atom stereocenters. The highest BCUT2D eigenvalue weighted by Gasteiger charge is 2.01. The van der Waals surface area contributed by atoms with Gasteiger partial charge >= 0.3 is 0 Å². The number of halogens is 1. The van der Waals surface area contributed by atoms with Crippen molar-refractivity contribution in [3.63, 3.8) is 0 Å². The second kappa shape index (κ2) is 3.01. The second-order valence-electron chi connectivity index (χ2n) is 2.95. The van der Waals surface area contributed by atoms with Gasteiger partial charge < -0.3 is 0 Å². The number of nitrogens with one attached hydrogen (secondary N) is 1. The Morgan fingerprint density at radius 3 is 2.77 bits per heavy atom. The van der Waals surface area contributed by atoms with Crippen molar-refractivity contribution in [3.05, 3.63) is 42.0 Å². The largest absolute Gasteiger partial charge is 0.285 e. The number of nitrogens with zero attached hydrogens (tertiary/aromatic N) is 1. The third kappa shape index (κ3) is 1.45. The van der Waals surface area contributed by atoms with Crippen molar-refractivity contribution in [2.24, 2.45) is 0 Å². The molecule has 1 aromatic heterocycles. The summed E-state index contributed by atoms with van der Waals surface area (Å²) in [6, 6.07) is 5.02. The Balaban J connectivity index is 2.49. The molecule has 1 N–H and O–H groups in total. The molecule has 0 saturated carbocycles. The summed E-state index contributed by atoms with van der Waals surface area (Å²) in [5, 5.41) is 6.55. The fraction of sp³-hybridized carbons (Fsp3) is 0.100. The third-order valence-corrected chi connectivity index (χ3v) is 1.99. The van der Waals surface area contributed by atoms with E-state index in [1.165, 1.54) is 6.07 Å². The van der Waals surface area contributed by atoms with Gasteiger partial charge in [0.05, 0.1) is 6.20 Å². The summed E-state index contributed by atoms with van der Waals surface area (Å²) in [5.74, 6) is -0.174. The summed E-state index contributed by atoms with van der Waals surface area (Å²) in [6.07, 6.45) is 3.50. The zero-order chi connectivity index (χ0) is 9.26. The summed E-state index contributed by atoms with van der Waals surface area (Å²) in [6.45, 7) is 1.75. The topological polar surface area (TPSA) is 28.7 Å². The van der Waals surface area contributed by atoms with Crippen molar-refractivity contribution < 1.29 is 4.39 Å². The third-order valence-electron chi connectivity index (χ3n) is 1.99. The highest BCUT2D eigenvalue weighted by atomic mass is 19.1. The Hall–Kier alpha value is -1.64. The SMILES string of the molecule is Cc1cc(-c2cn[nH]c2)ccc1F. The molecule has 0 aliphatic heterocycles. The van der Waals surface area contributed by atoms with Crippen LogP contribution in [-0.2, 0) is 0 Å². The van der Waals surface area contributed by atoms with Crippen molar-refractivity contribution in [3.8, 4) is 11.1 Å². The number of rotatable bonds is 1. The molecule has 0 bridgehead atoms. The molecular weight excluding hydrogens is 167 g/mol. The van der Waals surface area contributed by atoms with E-state index in [4.69, 9.17) is 0 Å². The first-order valence-corrected chi connectivity index (χ1v) is 4.02. The van der Waals surface area contributed by atoms with E-state index in [-0.39, 0.29) is 5.82 Å². The monoisotopic (exact) mass is 176 g/mol. The van der Waals surface area contributed by atoms with E-state index in [0.717, 1.165) is 11.1 Å². The maximum absolute atomic E-state index is 12.9. The summed E-state index contributed by atoms with van der Waals surface area (Å²) >= 11 is 0. The summed E-state index contributed by atoms with van der Waals surface area (Å²) in [4.78, 5) is 0. The Bertz CT molecular complexity index is 407. The van der Waals surface area contributed by atoms with Gasteiger partial charge in [-0.25, -0.2) is 4.39 Å². The van der Waals surface area contributed by atoms with Crippen LogP contribution in [0.3, 0.4) is 0 Å². The lowest BCUT2D eigenvalue weighted by atomic mass is 10.1. The number of hydrogen-bond acceptors (Lipinski definition) is 1. The van der Waals surface area contributed by atoms with Gasteiger partial charge in [-0.2, -0.15) is 5.10 Å². The molecule has 0 aliphatic rings. The Morgan fingerprint density at radius 2 is 2.15 bits per heavy atom. The fourth-order valence-electron chi connectivity index (χ4n) is 1.23. The highest BCUT2D eigenvalue weighted by Crippen LogP contribution is 2.19. The molecule has 66 valence electrons. The van der Waals surface area contributed by atoms with Crippen LogP contribution in [0.4, 0.5) is 4.39 Å². The van der Waals surface area contributed by atoms with Crippen LogP contribution in [0.1, 0.15) is 5.56 Å². The molecule has 0 aliphatic carbocycles. The molecule has 1 aromatic carbocycles. The number of aromatic nitrogens is 2. The Kier molecular flexibility index (Phi) is 1.85. The normalized spacial score (nSPS) is 10.3. The quantitative estimate of drug-likeness (QED) is 0.710. The van der Waals surface area contributed by atoms with E-state index < -0.39 is 0 Å². The predicted molar refractivity (Wildman–Crippen MR) is 48.7 cm³/mol. The highest BCUT2D eigenvalue weighted by molar-refractivity contribution is 5.62. The number of aromatic amines is 1. The van der Waals surface area contributed by atoms with Gasteiger partial charge in [0.2, 0.25) is 0 Å². The van der Waals surface area contributed by atoms with Crippen LogP contribution in [-0.4, -0.2) is 10.2 Å². The minimum atomic E-state index is -0.174. The number of H-pyrrole nitrogens is 1. The second-order valence-corrected chi connectivity index (χ2v) is 2.95.